The van der Waals surface area contributed by atoms with Crippen LogP contribution >= 0.6 is 11.3 Å². The van der Waals surface area contributed by atoms with Crippen LogP contribution in [0.1, 0.15) is 54.5 Å². The van der Waals surface area contributed by atoms with Gasteiger partial charge in [-0.2, -0.15) is 8.42 Å². The van der Waals surface area contributed by atoms with Crippen molar-refractivity contribution >= 4 is 32.5 Å². The number of amides is 1. The Labute approximate surface area is 178 Å². The first-order valence-corrected chi connectivity index (χ1v) is 11.3. The Morgan fingerprint density at radius 2 is 1.83 bits per heavy atom. The molecule has 10 heteroatoms. The summed E-state index contributed by atoms with van der Waals surface area (Å²) in [7, 11) is -4.26. The molecule has 3 rings (SSSR count). The number of pyridine rings is 1. The summed E-state index contributed by atoms with van der Waals surface area (Å²) in [6.45, 7) is 5.01. The predicted octanol–water partition coefficient (Wildman–Crippen LogP) is 4.52. The van der Waals surface area contributed by atoms with Crippen LogP contribution in [0.2, 0.25) is 0 Å². The third-order valence-electron chi connectivity index (χ3n) is 4.13. The van der Waals surface area contributed by atoms with Crippen LogP contribution in [0.3, 0.4) is 0 Å². The van der Waals surface area contributed by atoms with E-state index < -0.39 is 27.9 Å². The molecule has 0 aliphatic rings. The maximum Gasteiger partial charge on any atom is 0.309 e. The first-order chi connectivity index (χ1) is 14.2. The maximum absolute atomic E-state index is 14.0. The Kier molecular flexibility index (Phi) is 6.59. The maximum atomic E-state index is 14.0. The van der Waals surface area contributed by atoms with Gasteiger partial charge in [-0.05, 0) is 31.0 Å². The summed E-state index contributed by atoms with van der Waals surface area (Å²) in [5.41, 5.74) is 0.560. The predicted molar refractivity (Wildman–Crippen MR) is 111 cm³/mol. The van der Waals surface area contributed by atoms with Crippen molar-refractivity contribution in [2.75, 3.05) is 5.32 Å². The van der Waals surface area contributed by atoms with Crippen LogP contribution in [0.5, 0.6) is 0 Å². The number of nitrogens with zero attached hydrogens (tertiary/aromatic N) is 2. The highest BCUT2D eigenvalue weighted by atomic mass is 32.3. The zero-order chi connectivity index (χ0) is 21.9. The van der Waals surface area contributed by atoms with E-state index in [4.69, 9.17) is 4.18 Å². The highest BCUT2D eigenvalue weighted by Gasteiger charge is 2.30. The van der Waals surface area contributed by atoms with E-state index in [-0.39, 0.29) is 32.2 Å². The number of anilines is 1. The summed E-state index contributed by atoms with van der Waals surface area (Å²) in [5.74, 6) is -1.32. The van der Waals surface area contributed by atoms with Gasteiger partial charge in [0, 0.05) is 11.8 Å². The monoisotopic (exact) mass is 449 g/mol. The lowest BCUT2D eigenvalue weighted by Crippen LogP contribution is -2.13. The molecule has 0 saturated heterocycles. The van der Waals surface area contributed by atoms with Crippen LogP contribution < -0.4 is 5.32 Å². The van der Waals surface area contributed by atoms with Gasteiger partial charge in [-0.15, -0.1) is 0 Å². The Morgan fingerprint density at radius 1 is 1.13 bits per heavy atom. The van der Waals surface area contributed by atoms with Crippen molar-refractivity contribution in [1.82, 2.24) is 9.97 Å². The second-order valence-electron chi connectivity index (χ2n) is 6.73. The second kappa shape index (κ2) is 8.99. The van der Waals surface area contributed by atoms with Crippen LogP contribution in [0.4, 0.5) is 9.52 Å². The first kappa shape index (κ1) is 22.0. The van der Waals surface area contributed by atoms with Crippen molar-refractivity contribution in [1.29, 1.82) is 0 Å². The van der Waals surface area contributed by atoms with Gasteiger partial charge < -0.3 is 0 Å². The number of rotatable bonds is 7. The number of thiazole rings is 1. The van der Waals surface area contributed by atoms with Gasteiger partial charge in [-0.3, -0.25) is 19.3 Å². The fraction of sp³-hybridized carbons (Fsp3) is 0.250. The summed E-state index contributed by atoms with van der Waals surface area (Å²) < 4.78 is 45.0. The number of halogens is 1. The quantitative estimate of drug-likeness (QED) is 0.533. The lowest BCUT2D eigenvalue weighted by molar-refractivity contribution is 0.102. The molecule has 0 bridgehead atoms. The molecular formula is C20H20FN3O4S2. The van der Waals surface area contributed by atoms with E-state index >= 15 is 0 Å². The van der Waals surface area contributed by atoms with Crippen molar-refractivity contribution in [3.63, 3.8) is 0 Å². The fourth-order valence-corrected chi connectivity index (χ4v) is 5.38. The molecule has 0 saturated carbocycles. The molecule has 0 spiro atoms. The number of hydrogen-bond acceptors (Lipinski definition) is 7. The fourth-order valence-electron chi connectivity index (χ4n) is 2.66. The molecule has 2 heterocycles. The molecule has 30 heavy (non-hydrogen) atoms. The van der Waals surface area contributed by atoms with Crippen molar-refractivity contribution in [3.8, 4) is 0 Å². The minimum atomic E-state index is -4.26. The number of nitrogens with one attached hydrogen (secondary N) is 1. The minimum Gasteiger partial charge on any atom is -0.296 e. The van der Waals surface area contributed by atoms with Gasteiger partial charge in [0.2, 0.25) is 0 Å². The van der Waals surface area contributed by atoms with E-state index in [0.29, 0.717) is 0 Å². The molecule has 0 aliphatic carbocycles. The summed E-state index contributed by atoms with van der Waals surface area (Å²) in [6, 6.07) is 10.7. The van der Waals surface area contributed by atoms with Gasteiger partial charge in [0.25, 0.3) is 5.91 Å². The van der Waals surface area contributed by atoms with Gasteiger partial charge >= 0.3 is 10.1 Å². The zero-order valence-corrected chi connectivity index (χ0v) is 18.1. The number of aromatic nitrogens is 2. The van der Waals surface area contributed by atoms with Crippen LogP contribution in [-0.2, 0) is 14.3 Å². The van der Waals surface area contributed by atoms with Gasteiger partial charge in [-0.1, -0.05) is 49.4 Å². The van der Waals surface area contributed by atoms with Gasteiger partial charge in [-0.25, -0.2) is 9.37 Å². The molecule has 1 N–H and O–H groups in total. The normalized spacial score (nSPS) is 12.7. The highest BCUT2D eigenvalue weighted by Crippen LogP contribution is 2.35. The summed E-state index contributed by atoms with van der Waals surface area (Å²) >= 11 is 0.782. The highest BCUT2D eigenvalue weighted by molar-refractivity contribution is 7.89. The van der Waals surface area contributed by atoms with E-state index in [0.717, 1.165) is 11.3 Å². The average Bonchev–Trinajstić information content (AvgIpc) is 3.14. The molecule has 1 amide bonds. The second-order valence-corrected chi connectivity index (χ2v) is 9.50. The third kappa shape index (κ3) is 4.89. The summed E-state index contributed by atoms with van der Waals surface area (Å²) in [4.78, 5) is 20.5. The van der Waals surface area contributed by atoms with Crippen LogP contribution in [-0.4, -0.2) is 24.3 Å². The molecule has 2 aromatic heterocycles. The van der Waals surface area contributed by atoms with Crippen LogP contribution in [0, 0.1) is 5.82 Å². The topological polar surface area (TPSA) is 98.3 Å². The molecule has 0 fully saturated rings. The SMILES string of the molecule is CC(C)c1nc(NC(=O)c2ccccn2)sc1S(=O)(=O)OC(C)c1ccccc1F. The van der Waals surface area contributed by atoms with E-state index in [1.54, 1.807) is 32.0 Å². The zero-order valence-electron chi connectivity index (χ0n) is 16.5. The van der Waals surface area contributed by atoms with E-state index in [9.17, 15) is 17.6 Å². The standard InChI is InChI=1S/C20H20FN3O4S2/c1-12(2)17-19(29-20(23-17)24-18(25)16-10-6-7-11-22-16)30(26,27)28-13(3)14-8-4-5-9-15(14)21/h4-13H,1-3H3,(H,23,24,25). The third-order valence-corrected chi connectivity index (χ3v) is 6.98. The van der Waals surface area contributed by atoms with Gasteiger partial charge in [0.1, 0.15) is 17.6 Å². The number of carbonyl (C=O) groups excluding carboxylic acids is 1. The molecule has 3 aromatic rings. The average molecular weight is 450 g/mol. The molecule has 1 unspecified atom stereocenters. The van der Waals surface area contributed by atoms with Crippen molar-refractivity contribution in [2.24, 2.45) is 0 Å². The number of carbonyl (C=O) groups is 1. The van der Waals surface area contributed by atoms with E-state index in [1.807, 2.05) is 0 Å². The van der Waals surface area contributed by atoms with Crippen molar-refractivity contribution in [2.45, 2.75) is 37.0 Å². The Morgan fingerprint density at radius 3 is 2.47 bits per heavy atom. The smallest absolute Gasteiger partial charge is 0.296 e. The van der Waals surface area contributed by atoms with E-state index in [2.05, 4.69) is 15.3 Å². The first-order valence-electron chi connectivity index (χ1n) is 9.10. The van der Waals surface area contributed by atoms with Crippen molar-refractivity contribution in [3.05, 3.63) is 71.4 Å². The lowest BCUT2D eigenvalue weighted by atomic mass is 10.1. The minimum absolute atomic E-state index is 0.107. The summed E-state index contributed by atoms with van der Waals surface area (Å²) in [6.07, 6.45) is 0.439. The van der Waals surface area contributed by atoms with Gasteiger partial charge in [0.05, 0.1) is 5.69 Å². The van der Waals surface area contributed by atoms with Crippen LogP contribution in [0.25, 0.3) is 0 Å². The Hall–Kier alpha value is -2.69. The molecule has 0 aliphatic heterocycles. The Balaban J connectivity index is 1.88. The molecule has 158 valence electrons. The van der Waals surface area contributed by atoms with Crippen molar-refractivity contribution < 1.29 is 21.8 Å². The van der Waals surface area contributed by atoms with E-state index in [1.165, 1.54) is 37.4 Å². The Bertz CT molecular complexity index is 1150. The molecule has 0 radical (unpaired) electrons. The van der Waals surface area contributed by atoms with Gasteiger partial charge in [0.15, 0.2) is 9.34 Å². The molecule has 1 aromatic carbocycles. The largest absolute Gasteiger partial charge is 0.309 e. The number of hydrogen-bond donors (Lipinski definition) is 1. The molecular weight excluding hydrogens is 429 g/mol. The number of benzene rings is 1. The summed E-state index contributed by atoms with van der Waals surface area (Å²) in [5, 5.41) is 2.67. The molecule has 7 nitrogen and oxygen atoms in total. The lowest BCUT2D eigenvalue weighted by Gasteiger charge is -2.14. The molecule has 1 atom stereocenters. The van der Waals surface area contributed by atoms with Crippen LogP contribution in [0.15, 0.2) is 52.9 Å².